The average Bonchev–Trinajstić information content (AvgIpc) is 2.87. The summed E-state index contributed by atoms with van der Waals surface area (Å²) in [4.78, 5) is 15.8. The van der Waals surface area contributed by atoms with E-state index in [1.54, 1.807) is 35.3 Å². The minimum absolute atomic E-state index is 0.134. The van der Waals surface area contributed by atoms with E-state index in [2.05, 4.69) is 10.3 Å². The predicted molar refractivity (Wildman–Crippen MR) is 68.9 cm³/mol. The first-order valence-corrected chi connectivity index (χ1v) is 5.94. The van der Waals surface area contributed by atoms with Crippen molar-refractivity contribution >= 4 is 5.91 Å². The third-order valence-corrected chi connectivity index (χ3v) is 2.65. The third-order valence-electron chi connectivity index (χ3n) is 2.65. The summed E-state index contributed by atoms with van der Waals surface area (Å²) in [5, 5.41) is 2.63. The van der Waals surface area contributed by atoms with E-state index in [1.165, 1.54) is 6.07 Å². The number of benzene rings is 1. The van der Waals surface area contributed by atoms with Gasteiger partial charge >= 0.3 is 0 Å². The van der Waals surface area contributed by atoms with Gasteiger partial charge < -0.3 is 15.6 Å². The second-order valence-corrected chi connectivity index (χ2v) is 4.06. The van der Waals surface area contributed by atoms with E-state index < -0.39 is 0 Å². The van der Waals surface area contributed by atoms with Crippen LogP contribution in [0.1, 0.15) is 16.1 Å². The monoisotopic (exact) mass is 262 g/mol. The van der Waals surface area contributed by atoms with Crippen LogP contribution >= 0.6 is 0 Å². The van der Waals surface area contributed by atoms with E-state index in [1.807, 2.05) is 0 Å². The van der Waals surface area contributed by atoms with Gasteiger partial charge in [-0.15, -0.1) is 0 Å². The molecular formula is C13H15FN4O. The Morgan fingerprint density at radius 1 is 1.42 bits per heavy atom. The molecule has 6 heteroatoms. The Hall–Kier alpha value is -2.21. The van der Waals surface area contributed by atoms with Crippen LogP contribution in [0, 0.1) is 5.82 Å². The van der Waals surface area contributed by atoms with Gasteiger partial charge in [-0.3, -0.25) is 4.79 Å². The normalized spacial score (nSPS) is 10.4. The Kier molecular flexibility index (Phi) is 4.25. The van der Waals surface area contributed by atoms with E-state index in [9.17, 15) is 9.18 Å². The van der Waals surface area contributed by atoms with E-state index in [4.69, 9.17) is 5.73 Å². The van der Waals surface area contributed by atoms with E-state index in [-0.39, 0.29) is 18.3 Å². The molecule has 100 valence electrons. The maximum absolute atomic E-state index is 13.4. The van der Waals surface area contributed by atoms with Crippen molar-refractivity contribution in [1.82, 2.24) is 14.9 Å². The maximum atomic E-state index is 13.4. The smallest absolute Gasteiger partial charge is 0.271 e. The van der Waals surface area contributed by atoms with Crippen molar-refractivity contribution in [3.05, 3.63) is 53.9 Å². The molecule has 0 aliphatic carbocycles. The molecule has 1 aromatic heterocycles. The minimum atomic E-state index is -0.337. The summed E-state index contributed by atoms with van der Waals surface area (Å²) in [6.07, 6.45) is 3.16. The molecule has 1 amide bonds. The zero-order valence-electron chi connectivity index (χ0n) is 10.3. The summed E-state index contributed by atoms with van der Waals surface area (Å²) >= 11 is 0. The first kappa shape index (κ1) is 13.2. The topological polar surface area (TPSA) is 72.9 Å². The van der Waals surface area contributed by atoms with Crippen LogP contribution in [0.2, 0.25) is 0 Å². The van der Waals surface area contributed by atoms with Gasteiger partial charge in [0.2, 0.25) is 0 Å². The Morgan fingerprint density at radius 3 is 2.95 bits per heavy atom. The number of imidazole rings is 1. The van der Waals surface area contributed by atoms with Gasteiger partial charge in [0.05, 0.1) is 6.33 Å². The van der Waals surface area contributed by atoms with Crippen molar-refractivity contribution in [2.45, 2.75) is 13.1 Å². The summed E-state index contributed by atoms with van der Waals surface area (Å²) in [6, 6.07) is 6.32. The van der Waals surface area contributed by atoms with Gasteiger partial charge in [-0.25, -0.2) is 9.37 Å². The molecule has 0 aliphatic rings. The molecule has 19 heavy (non-hydrogen) atoms. The van der Waals surface area contributed by atoms with Gasteiger partial charge in [0.25, 0.3) is 5.91 Å². The van der Waals surface area contributed by atoms with E-state index in [0.29, 0.717) is 24.3 Å². The number of hydrogen-bond acceptors (Lipinski definition) is 3. The molecule has 0 bridgehead atoms. The van der Waals surface area contributed by atoms with Gasteiger partial charge in [-0.2, -0.15) is 0 Å². The highest BCUT2D eigenvalue weighted by atomic mass is 19.1. The quantitative estimate of drug-likeness (QED) is 0.841. The Labute approximate surface area is 110 Å². The number of nitrogens with zero attached hydrogens (tertiary/aromatic N) is 2. The van der Waals surface area contributed by atoms with Crippen molar-refractivity contribution in [3.8, 4) is 0 Å². The molecule has 0 spiro atoms. The molecule has 0 aliphatic heterocycles. The van der Waals surface area contributed by atoms with Crippen LogP contribution in [-0.4, -0.2) is 22.0 Å². The lowest BCUT2D eigenvalue weighted by Gasteiger charge is -2.04. The molecule has 0 saturated heterocycles. The van der Waals surface area contributed by atoms with Crippen LogP contribution in [-0.2, 0) is 13.1 Å². The number of hydrogen-bond donors (Lipinski definition) is 2. The Balaban J connectivity index is 1.95. The first-order valence-electron chi connectivity index (χ1n) is 5.94. The SMILES string of the molecule is NCCn1cnc(C(=O)NCc2ccccc2F)c1. The minimum Gasteiger partial charge on any atom is -0.346 e. The number of aromatic nitrogens is 2. The molecule has 0 radical (unpaired) electrons. The predicted octanol–water partition coefficient (Wildman–Crippen LogP) is 0.911. The summed E-state index contributed by atoms with van der Waals surface area (Å²) < 4.78 is 15.1. The fourth-order valence-electron chi connectivity index (χ4n) is 1.66. The second kappa shape index (κ2) is 6.10. The zero-order chi connectivity index (χ0) is 13.7. The molecule has 3 N–H and O–H groups in total. The lowest BCUT2D eigenvalue weighted by Crippen LogP contribution is -2.23. The molecule has 0 saturated carbocycles. The van der Waals surface area contributed by atoms with E-state index in [0.717, 1.165) is 0 Å². The van der Waals surface area contributed by atoms with Crippen LogP contribution in [0.15, 0.2) is 36.8 Å². The van der Waals surface area contributed by atoms with Crippen molar-refractivity contribution in [2.75, 3.05) is 6.54 Å². The van der Waals surface area contributed by atoms with Gasteiger partial charge in [0.1, 0.15) is 11.5 Å². The number of amides is 1. The van der Waals surface area contributed by atoms with Crippen molar-refractivity contribution in [3.63, 3.8) is 0 Å². The van der Waals surface area contributed by atoms with Crippen molar-refractivity contribution < 1.29 is 9.18 Å². The van der Waals surface area contributed by atoms with Gasteiger partial charge in [0.15, 0.2) is 0 Å². The van der Waals surface area contributed by atoms with Gasteiger partial charge in [0, 0.05) is 31.4 Å². The van der Waals surface area contributed by atoms with Crippen LogP contribution in [0.4, 0.5) is 4.39 Å². The second-order valence-electron chi connectivity index (χ2n) is 4.06. The molecule has 2 rings (SSSR count). The zero-order valence-corrected chi connectivity index (χ0v) is 10.3. The number of carbonyl (C=O) groups is 1. The first-order chi connectivity index (χ1) is 9.20. The van der Waals surface area contributed by atoms with Crippen LogP contribution in [0.25, 0.3) is 0 Å². The number of carbonyl (C=O) groups excluding carboxylic acids is 1. The fourth-order valence-corrected chi connectivity index (χ4v) is 1.66. The molecule has 1 aromatic carbocycles. The number of nitrogens with one attached hydrogen (secondary N) is 1. The highest BCUT2D eigenvalue weighted by molar-refractivity contribution is 5.91. The average molecular weight is 262 g/mol. The number of halogens is 1. The molecule has 1 heterocycles. The number of nitrogens with two attached hydrogens (primary N) is 1. The molecule has 2 aromatic rings. The summed E-state index contributed by atoms with van der Waals surface area (Å²) in [6.45, 7) is 1.22. The molecular weight excluding hydrogens is 247 g/mol. The summed E-state index contributed by atoms with van der Waals surface area (Å²) in [5.74, 6) is -0.671. The Bertz CT molecular complexity index is 567. The highest BCUT2D eigenvalue weighted by Gasteiger charge is 2.09. The fraction of sp³-hybridized carbons (Fsp3) is 0.231. The molecule has 5 nitrogen and oxygen atoms in total. The van der Waals surface area contributed by atoms with Gasteiger partial charge in [-0.05, 0) is 6.07 Å². The summed E-state index contributed by atoms with van der Waals surface area (Å²) in [5.41, 5.74) is 6.14. The molecule has 0 unspecified atom stereocenters. The standard InChI is InChI=1S/C13H15FN4O/c14-11-4-2-1-3-10(11)7-16-13(19)12-8-18(6-5-15)9-17-12/h1-4,8-9H,5-7,15H2,(H,16,19). The van der Waals surface area contributed by atoms with E-state index >= 15 is 0 Å². The third kappa shape index (κ3) is 3.38. The largest absolute Gasteiger partial charge is 0.346 e. The summed E-state index contributed by atoms with van der Waals surface area (Å²) in [7, 11) is 0. The van der Waals surface area contributed by atoms with Crippen LogP contribution < -0.4 is 11.1 Å². The van der Waals surface area contributed by atoms with Crippen molar-refractivity contribution in [1.29, 1.82) is 0 Å². The van der Waals surface area contributed by atoms with Gasteiger partial charge in [-0.1, -0.05) is 18.2 Å². The van der Waals surface area contributed by atoms with Crippen molar-refractivity contribution in [2.24, 2.45) is 5.73 Å². The van der Waals surface area contributed by atoms with Crippen LogP contribution in [0.5, 0.6) is 0 Å². The maximum Gasteiger partial charge on any atom is 0.271 e. The Morgan fingerprint density at radius 2 is 2.21 bits per heavy atom. The molecule has 0 atom stereocenters. The highest BCUT2D eigenvalue weighted by Crippen LogP contribution is 2.06. The molecule has 0 fully saturated rings. The van der Waals surface area contributed by atoms with Crippen LogP contribution in [0.3, 0.4) is 0 Å². The lowest BCUT2D eigenvalue weighted by atomic mass is 10.2. The lowest BCUT2D eigenvalue weighted by molar-refractivity contribution is 0.0946. The number of rotatable bonds is 5.